The van der Waals surface area contributed by atoms with Crippen LogP contribution in [0.4, 0.5) is 5.69 Å². The van der Waals surface area contributed by atoms with Crippen molar-refractivity contribution in [3.8, 4) is 22.5 Å². The van der Waals surface area contributed by atoms with Gasteiger partial charge in [-0.2, -0.15) is 0 Å². The molecule has 0 radical (unpaired) electrons. The van der Waals surface area contributed by atoms with Crippen LogP contribution in [-0.4, -0.2) is 91.6 Å². The summed E-state index contributed by atoms with van der Waals surface area (Å²) in [6.45, 7) is 10.6. The van der Waals surface area contributed by atoms with E-state index in [1.807, 2.05) is 42.4 Å². The molecule has 5 amide bonds. The van der Waals surface area contributed by atoms with Crippen LogP contribution in [-0.2, 0) is 45.2 Å². The Morgan fingerprint density at radius 1 is 0.966 bits per heavy atom. The van der Waals surface area contributed by atoms with Crippen LogP contribution in [0.1, 0.15) is 66.2 Å². The molecule has 4 aliphatic rings. The highest BCUT2D eigenvalue weighted by Gasteiger charge is 2.40. The molecule has 2 atom stereocenters. The lowest BCUT2D eigenvalue weighted by Crippen LogP contribution is -2.52. The summed E-state index contributed by atoms with van der Waals surface area (Å²) in [6, 6.07) is 17.5. The average Bonchev–Trinajstić information content (AvgIpc) is 3.95. The molecular weight excluding hydrogens is 735 g/mol. The minimum atomic E-state index is -0.599. The number of nitrogens with one attached hydrogen (secondary N) is 2. The fourth-order valence-electron chi connectivity index (χ4n) is 8.65. The largest absolute Gasteiger partial charge is 0.371 e. The van der Waals surface area contributed by atoms with Gasteiger partial charge in [-0.05, 0) is 61.4 Å². The Hall–Kier alpha value is -6.44. The van der Waals surface area contributed by atoms with Crippen molar-refractivity contribution in [3.63, 3.8) is 0 Å². The predicted octanol–water partition coefficient (Wildman–Crippen LogP) is 4.41. The first-order chi connectivity index (χ1) is 28.1. The fraction of sp³-hybridized carbons (Fsp3) is 0.364. The number of benzene rings is 2. The number of carbonyl (C=O) groups excluding carboxylic acids is 5. The number of amides is 5. The summed E-state index contributed by atoms with van der Waals surface area (Å²) < 4.78 is 2.29. The number of imidazole rings is 1. The van der Waals surface area contributed by atoms with Gasteiger partial charge in [-0.3, -0.25) is 39.3 Å². The Morgan fingerprint density at radius 3 is 2.55 bits per heavy atom. The Kier molecular flexibility index (Phi) is 10.7. The van der Waals surface area contributed by atoms with Crippen LogP contribution >= 0.6 is 0 Å². The standard InChI is InChI=1S/C25H25N5O.C19H22N4O4/c1-4-24-28-25(23-15-29(17(3)31)10-11-30(23)24)20-7-5-6-18-12-22(27-14-21(18)20)19-9-8-16(2)26-13-19;24-11-20-8-12-6-7-22(9-12)15-3-1-2-13-14(15)10-23(19(13)27)16-4-5-17(25)21-18(16)26/h5-9,12-14H,4,10-11,15H2,1-3H3;1-3,11-12,16H,4-10H2,(H,20,24)(H,21,25,26). The number of carbonyl (C=O) groups is 5. The third-order valence-corrected chi connectivity index (χ3v) is 11.7. The Labute approximate surface area is 336 Å². The molecule has 2 fully saturated rings. The second-order valence-corrected chi connectivity index (χ2v) is 15.4. The number of anilines is 1. The molecule has 0 aliphatic carbocycles. The van der Waals surface area contributed by atoms with Crippen molar-refractivity contribution >= 4 is 46.5 Å². The third kappa shape index (κ3) is 7.41. The maximum absolute atomic E-state index is 12.9. The van der Waals surface area contributed by atoms with E-state index in [-0.39, 0.29) is 24.1 Å². The zero-order chi connectivity index (χ0) is 40.5. The van der Waals surface area contributed by atoms with Gasteiger partial charge in [0.05, 0.1) is 23.6 Å². The summed E-state index contributed by atoms with van der Waals surface area (Å²) in [5, 5.41) is 7.25. The van der Waals surface area contributed by atoms with Crippen molar-refractivity contribution in [1.29, 1.82) is 0 Å². The van der Waals surface area contributed by atoms with E-state index < -0.39 is 11.9 Å². The molecule has 2 N–H and O–H groups in total. The topological polar surface area (TPSA) is 163 Å². The third-order valence-electron chi connectivity index (χ3n) is 11.7. The quantitative estimate of drug-likeness (QED) is 0.172. The molecular formula is C44H47N9O5. The smallest absolute Gasteiger partial charge is 0.255 e. The highest BCUT2D eigenvalue weighted by atomic mass is 16.2. The van der Waals surface area contributed by atoms with Crippen molar-refractivity contribution in [2.45, 2.75) is 72.1 Å². The van der Waals surface area contributed by atoms with E-state index >= 15 is 0 Å². The molecule has 2 saturated heterocycles. The second-order valence-electron chi connectivity index (χ2n) is 15.4. The molecule has 0 saturated carbocycles. The number of piperidine rings is 1. The van der Waals surface area contributed by atoms with Gasteiger partial charge in [-0.1, -0.05) is 31.2 Å². The van der Waals surface area contributed by atoms with E-state index in [4.69, 9.17) is 9.97 Å². The Bertz CT molecular complexity index is 2430. The average molecular weight is 782 g/mol. The lowest BCUT2D eigenvalue weighted by molar-refractivity contribution is -0.137. The fourth-order valence-corrected chi connectivity index (χ4v) is 8.65. The molecule has 4 aliphatic heterocycles. The van der Waals surface area contributed by atoms with Crippen LogP contribution in [0.25, 0.3) is 33.3 Å². The lowest BCUT2D eigenvalue weighted by atomic mass is 10.0. The second kappa shape index (κ2) is 16.2. The lowest BCUT2D eigenvalue weighted by Gasteiger charge is -2.29. The number of nitrogens with zero attached hydrogens (tertiary/aromatic N) is 7. The van der Waals surface area contributed by atoms with E-state index in [0.29, 0.717) is 37.5 Å². The van der Waals surface area contributed by atoms with Gasteiger partial charge < -0.3 is 24.6 Å². The first kappa shape index (κ1) is 38.4. The van der Waals surface area contributed by atoms with Crippen molar-refractivity contribution < 1.29 is 24.0 Å². The molecule has 14 heteroatoms. The van der Waals surface area contributed by atoms with Crippen molar-refractivity contribution in [3.05, 3.63) is 95.3 Å². The van der Waals surface area contributed by atoms with Crippen LogP contribution in [0.15, 0.2) is 67.0 Å². The zero-order valence-electron chi connectivity index (χ0n) is 33.0. The summed E-state index contributed by atoms with van der Waals surface area (Å²) >= 11 is 0. The molecule has 0 bridgehead atoms. The Balaban J connectivity index is 0.000000164. The molecule has 9 rings (SSSR count). The minimum Gasteiger partial charge on any atom is -0.371 e. The van der Waals surface area contributed by atoms with Gasteiger partial charge in [0.1, 0.15) is 11.9 Å². The molecule has 14 nitrogen and oxygen atoms in total. The van der Waals surface area contributed by atoms with Crippen LogP contribution in [0, 0.1) is 12.8 Å². The van der Waals surface area contributed by atoms with E-state index in [9.17, 15) is 24.0 Å². The van der Waals surface area contributed by atoms with E-state index in [2.05, 4.69) is 62.3 Å². The molecule has 3 aromatic heterocycles. The predicted molar refractivity (Wildman–Crippen MR) is 218 cm³/mol. The number of rotatable bonds is 8. The molecule has 2 aromatic carbocycles. The van der Waals surface area contributed by atoms with Gasteiger partial charge >= 0.3 is 0 Å². The van der Waals surface area contributed by atoms with Crippen LogP contribution in [0.5, 0.6) is 0 Å². The maximum Gasteiger partial charge on any atom is 0.255 e. The number of pyridine rings is 2. The van der Waals surface area contributed by atoms with Gasteiger partial charge in [0.25, 0.3) is 5.91 Å². The monoisotopic (exact) mass is 781 g/mol. The highest BCUT2D eigenvalue weighted by molar-refractivity contribution is 6.06. The molecule has 5 aromatic rings. The van der Waals surface area contributed by atoms with Gasteiger partial charge in [-0.25, -0.2) is 4.98 Å². The van der Waals surface area contributed by atoms with E-state index in [1.165, 1.54) is 0 Å². The summed E-state index contributed by atoms with van der Waals surface area (Å²) in [5.74, 6) is 0.727. The van der Waals surface area contributed by atoms with Gasteiger partial charge in [0.2, 0.25) is 24.1 Å². The highest BCUT2D eigenvalue weighted by Crippen LogP contribution is 2.37. The number of fused-ring (bicyclic) bond motifs is 3. The minimum absolute atomic E-state index is 0.104. The van der Waals surface area contributed by atoms with Crippen molar-refractivity contribution in [2.75, 3.05) is 31.1 Å². The van der Waals surface area contributed by atoms with Crippen molar-refractivity contribution in [2.24, 2.45) is 5.92 Å². The van der Waals surface area contributed by atoms with E-state index in [1.54, 1.807) is 17.9 Å². The van der Waals surface area contributed by atoms with Crippen LogP contribution < -0.4 is 15.5 Å². The first-order valence-electron chi connectivity index (χ1n) is 20.0. The van der Waals surface area contributed by atoms with Gasteiger partial charge in [0.15, 0.2) is 0 Å². The maximum atomic E-state index is 12.9. The number of imide groups is 1. The van der Waals surface area contributed by atoms with Gasteiger partial charge in [0, 0.05) is 110 Å². The number of hydrogen-bond acceptors (Lipinski definition) is 9. The normalized spacial score (nSPS) is 18.7. The molecule has 298 valence electrons. The molecule has 58 heavy (non-hydrogen) atoms. The summed E-state index contributed by atoms with van der Waals surface area (Å²) in [6.07, 6.45) is 6.98. The zero-order valence-corrected chi connectivity index (χ0v) is 33.0. The molecule has 0 spiro atoms. The van der Waals surface area contributed by atoms with Crippen LogP contribution in [0.3, 0.4) is 0 Å². The number of aryl methyl sites for hydroxylation is 2. The van der Waals surface area contributed by atoms with Gasteiger partial charge in [-0.15, -0.1) is 0 Å². The SMILES string of the molecule is CCc1nc(-c2cccc3cc(-c4ccc(C)nc4)ncc23)c2n1CCN(C(C)=O)C2.O=CNCC1CCN(c2cccc3c2CN(C2CCC(=O)NC2=O)C3=O)C1. The summed E-state index contributed by atoms with van der Waals surface area (Å²) in [4.78, 5) is 78.9. The van der Waals surface area contributed by atoms with Crippen LogP contribution in [0.2, 0.25) is 0 Å². The summed E-state index contributed by atoms with van der Waals surface area (Å²) in [7, 11) is 0. The number of hydrogen-bond donors (Lipinski definition) is 2. The number of aromatic nitrogens is 4. The first-order valence-corrected chi connectivity index (χ1v) is 20.0. The Morgan fingerprint density at radius 2 is 1.79 bits per heavy atom. The molecule has 2 unspecified atom stereocenters. The van der Waals surface area contributed by atoms with E-state index in [0.717, 1.165) is 107 Å². The molecule has 7 heterocycles. The van der Waals surface area contributed by atoms with Crippen molar-refractivity contribution in [1.82, 2.24) is 40.0 Å². The summed E-state index contributed by atoms with van der Waals surface area (Å²) in [5.41, 5.74) is 8.61.